The molecule has 104 valence electrons. The van der Waals surface area contributed by atoms with E-state index < -0.39 is 0 Å². The van der Waals surface area contributed by atoms with E-state index in [-0.39, 0.29) is 12.5 Å². The van der Waals surface area contributed by atoms with Crippen LogP contribution in [0.25, 0.3) is 10.9 Å². The Bertz CT molecular complexity index is 640. The summed E-state index contributed by atoms with van der Waals surface area (Å²) < 4.78 is 0. The number of benzene rings is 1. The third-order valence-electron chi connectivity index (χ3n) is 3.43. The molecule has 0 saturated heterocycles. The van der Waals surface area contributed by atoms with E-state index in [9.17, 15) is 4.79 Å². The summed E-state index contributed by atoms with van der Waals surface area (Å²) in [5, 5.41) is 7.66. The minimum Gasteiger partial charge on any atom is -0.376 e. The van der Waals surface area contributed by atoms with Gasteiger partial charge in [0.2, 0.25) is 5.91 Å². The van der Waals surface area contributed by atoms with Gasteiger partial charge in [-0.25, -0.2) is 0 Å². The third-order valence-corrected chi connectivity index (χ3v) is 3.66. The van der Waals surface area contributed by atoms with Gasteiger partial charge in [0.25, 0.3) is 0 Å². The highest BCUT2D eigenvalue weighted by atomic mass is 35.5. The molecular formula is C15H16ClN3O. The first-order valence-electron chi connectivity index (χ1n) is 6.77. The van der Waals surface area contributed by atoms with Gasteiger partial charge in [0.1, 0.15) is 0 Å². The molecule has 0 spiro atoms. The van der Waals surface area contributed by atoms with Gasteiger partial charge in [-0.2, -0.15) is 0 Å². The first-order chi connectivity index (χ1) is 9.72. The average Bonchev–Trinajstić information content (AvgIpc) is 3.27. The second-order valence-electron chi connectivity index (χ2n) is 5.12. The van der Waals surface area contributed by atoms with E-state index >= 15 is 0 Å². The van der Waals surface area contributed by atoms with Gasteiger partial charge in [-0.15, -0.1) is 0 Å². The molecule has 2 N–H and O–H groups in total. The quantitative estimate of drug-likeness (QED) is 0.890. The molecule has 1 aromatic carbocycles. The molecule has 1 aliphatic rings. The van der Waals surface area contributed by atoms with Crippen LogP contribution in [0.2, 0.25) is 5.02 Å². The van der Waals surface area contributed by atoms with Gasteiger partial charge in [-0.3, -0.25) is 9.78 Å². The monoisotopic (exact) mass is 289 g/mol. The van der Waals surface area contributed by atoms with E-state index in [0.29, 0.717) is 10.9 Å². The normalized spacial score (nSPS) is 14.2. The lowest BCUT2D eigenvalue weighted by molar-refractivity contribution is -0.119. The predicted molar refractivity (Wildman–Crippen MR) is 81.0 cm³/mol. The van der Waals surface area contributed by atoms with Gasteiger partial charge in [-0.1, -0.05) is 11.6 Å². The smallest absolute Gasteiger partial charge is 0.239 e. The van der Waals surface area contributed by atoms with E-state index in [2.05, 4.69) is 15.6 Å². The number of nitrogens with zero attached hydrogens (tertiary/aromatic N) is 1. The maximum Gasteiger partial charge on any atom is 0.239 e. The number of pyridine rings is 1. The van der Waals surface area contributed by atoms with Crippen molar-refractivity contribution >= 4 is 34.1 Å². The second kappa shape index (κ2) is 5.67. The molecule has 5 heteroatoms. The highest BCUT2D eigenvalue weighted by Gasteiger charge is 2.21. The fraction of sp³-hybridized carbons (Fsp3) is 0.333. The fourth-order valence-corrected chi connectivity index (χ4v) is 2.26. The molecule has 0 atom stereocenters. The van der Waals surface area contributed by atoms with Crippen molar-refractivity contribution in [2.24, 2.45) is 5.92 Å². The summed E-state index contributed by atoms with van der Waals surface area (Å²) in [7, 11) is 0. The summed E-state index contributed by atoms with van der Waals surface area (Å²) >= 11 is 6.01. The third kappa shape index (κ3) is 3.20. The number of anilines is 1. The Hall–Kier alpha value is -1.81. The van der Waals surface area contributed by atoms with Crippen molar-refractivity contribution in [1.29, 1.82) is 0 Å². The number of nitrogens with one attached hydrogen (secondary N) is 2. The van der Waals surface area contributed by atoms with Crippen molar-refractivity contribution in [2.45, 2.75) is 12.8 Å². The number of rotatable bonds is 5. The van der Waals surface area contributed by atoms with Crippen LogP contribution in [0, 0.1) is 5.92 Å². The van der Waals surface area contributed by atoms with E-state index in [1.807, 2.05) is 24.3 Å². The minimum absolute atomic E-state index is 0.0175. The molecule has 2 aromatic rings. The Morgan fingerprint density at radius 2 is 2.20 bits per heavy atom. The van der Waals surface area contributed by atoms with Crippen LogP contribution in [0.4, 0.5) is 5.69 Å². The molecule has 1 aromatic heterocycles. The van der Waals surface area contributed by atoms with Crippen molar-refractivity contribution in [2.75, 3.05) is 18.4 Å². The maximum absolute atomic E-state index is 11.7. The van der Waals surface area contributed by atoms with Gasteiger partial charge < -0.3 is 10.6 Å². The largest absolute Gasteiger partial charge is 0.376 e. The number of carbonyl (C=O) groups is 1. The van der Waals surface area contributed by atoms with Crippen LogP contribution in [0.5, 0.6) is 0 Å². The summed E-state index contributed by atoms with van der Waals surface area (Å²) in [5.41, 5.74) is 1.73. The molecule has 1 fully saturated rings. The molecule has 4 nitrogen and oxygen atoms in total. The van der Waals surface area contributed by atoms with Crippen LogP contribution in [0.3, 0.4) is 0 Å². The topological polar surface area (TPSA) is 54.0 Å². The summed E-state index contributed by atoms with van der Waals surface area (Å²) in [5.74, 6) is 0.711. The molecule has 1 heterocycles. The lowest BCUT2D eigenvalue weighted by Crippen LogP contribution is -2.31. The van der Waals surface area contributed by atoms with E-state index in [4.69, 9.17) is 11.6 Å². The molecular weight excluding hydrogens is 274 g/mol. The highest BCUT2D eigenvalue weighted by Crippen LogP contribution is 2.27. The van der Waals surface area contributed by atoms with Gasteiger partial charge in [0.15, 0.2) is 0 Å². The van der Waals surface area contributed by atoms with Crippen LogP contribution in [0.1, 0.15) is 12.8 Å². The van der Waals surface area contributed by atoms with Gasteiger partial charge in [0, 0.05) is 28.8 Å². The number of amides is 1. The Morgan fingerprint density at radius 3 is 3.00 bits per heavy atom. The zero-order valence-electron chi connectivity index (χ0n) is 11.0. The van der Waals surface area contributed by atoms with Crippen LogP contribution in [-0.2, 0) is 4.79 Å². The van der Waals surface area contributed by atoms with E-state index in [1.54, 1.807) is 6.20 Å². The minimum atomic E-state index is 0.0175. The van der Waals surface area contributed by atoms with Gasteiger partial charge >= 0.3 is 0 Å². The van der Waals surface area contributed by atoms with Crippen molar-refractivity contribution < 1.29 is 4.79 Å². The molecule has 0 aliphatic heterocycles. The number of carbonyl (C=O) groups excluding carboxylic acids is 1. The number of hydrogen-bond acceptors (Lipinski definition) is 3. The Morgan fingerprint density at radius 1 is 1.35 bits per heavy atom. The van der Waals surface area contributed by atoms with E-state index in [0.717, 1.165) is 23.1 Å². The van der Waals surface area contributed by atoms with Crippen molar-refractivity contribution in [3.63, 3.8) is 0 Å². The molecule has 0 unspecified atom stereocenters. The second-order valence-corrected chi connectivity index (χ2v) is 5.56. The average molecular weight is 290 g/mol. The Balaban J connectivity index is 1.67. The zero-order valence-corrected chi connectivity index (χ0v) is 11.8. The molecule has 0 bridgehead atoms. The summed E-state index contributed by atoms with van der Waals surface area (Å²) in [4.78, 5) is 16.0. The number of fused-ring (bicyclic) bond motifs is 1. The van der Waals surface area contributed by atoms with E-state index in [1.165, 1.54) is 12.8 Å². The van der Waals surface area contributed by atoms with Gasteiger partial charge in [0.05, 0.1) is 12.1 Å². The van der Waals surface area contributed by atoms with Crippen LogP contribution in [0.15, 0.2) is 30.5 Å². The van der Waals surface area contributed by atoms with Gasteiger partial charge in [-0.05, 0) is 43.0 Å². The molecule has 0 radical (unpaired) electrons. The van der Waals surface area contributed by atoms with Crippen LogP contribution >= 0.6 is 11.6 Å². The summed E-state index contributed by atoms with van der Waals surface area (Å²) in [6.45, 7) is 1.06. The maximum atomic E-state index is 11.7. The number of hydrogen-bond donors (Lipinski definition) is 2. The van der Waals surface area contributed by atoms with Crippen molar-refractivity contribution in [3.05, 3.63) is 35.5 Å². The van der Waals surface area contributed by atoms with Crippen LogP contribution in [-0.4, -0.2) is 24.0 Å². The molecule has 20 heavy (non-hydrogen) atoms. The summed E-state index contributed by atoms with van der Waals surface area (Å²) in [6, 6.07) is 7.39. The Labute approximate surface area is 122 Å². The molecule has 1 aliphatic carbocycles. The summed E-state index contributed by atoms with van der Waals surface area (Å²) in [6.07, 6.45) is 4.20. The standard InChI is InChI=1S/C15H16ClN3O/c16-11-3-4-13-12(7-11)14(5-6-17-13)18-9-15(20)19-8-10-1-2-10/h3-7,10H,1-2,8-9H2,(H,17,18)(H,19,20). The number of halogens is 1. The number of aromatic nitrogens is 1. The SMILES string of the molecule is O=C(CNc1ccnc2ccc(Cl)cc12)NCC1CC1. The Kier molecular flexibility index (Phi) is 3.74. The molecule has 1 amide bonds. The first-order valence-corrected chi connectivity index (χ1v) is 7.15. The van der Waals surface area contributed by atoms with Crippen molar-refractivity contribution in [1.82, 2.24) is 10.3 Å². The van der Waals surface area contributed by atoms with Crippen molar-refractivity contribution in [3.8, 4) is 0 Å². The lowest BCUT2D eigenvalue weighted by Gasteiger charge is -2.10. The zero-order chi connectivity index (χ0) is 13.9. The molecule has 1 saturated carbocycles. The predicted octanol–water partition coefficient (Wildman–Crippen LogP) is 2.83. The fourth-order valence-electron chi connectivity index (χ4n) is 2.09. The lowest BCUT2D eigenvalue weighted by atomic mass is 10.2. The molecule has 3 rings (SSSR count). The first kappa shape index (κ1) is 13.2. The highest BCUT2D eigenvalue weighted by molar-refractivity contribution is 6.31. The van der Waals surface area contributed by atoms with Crippen LogP contribution < -0.4 is 10.6 Å².